The van der Waals surface area contributed by atoms with E-state index in [-0.39, 0.29) is 11.9 Å². The zero-order valence-corrected chi connectivity index (χ0v) is 16.3. The summed E-state index contributed by atoms with van der Waals surface area (Å²) in [4.78, 5) is 29.8. The van der Waals surface area contributed by atoms with Crippen LogP contribution >= 0.6 is 0 Å². The summed E-state index contributed by atoms with van der Waals surface area (Å²) in [5.74, 6) is -0.341. The van der Waals surface area contributed by atoms with Gasteiger partial charge in [-0.3, -0.25) is 9.78 Å². The summed E-state index contributed by atoms with van der Waals surface area (Å²) >= 11 is 0. The van der Waals surface area contributed by atoms with E-state index in [1.165, 1.54) is 10.8 Å². The number of aliphatic hydroxyl groups is 1. The van der Waals surface area contributed by atoms with E-state index >= 15 is 0 Å². The molecule has 0 radical (unpaired) electrons. The van der Waals surface area contributed by atoms with E-state index in [0.29, 0.717) is 23.0 Å². The number of ether oxygens (including phenoxy) is 1. The Hall–Kier alpha value is -2.41. The maximum Gasteiger partial charge on any atom is 0.419 e. The van der Waals surface area contributed by atoms with Gasteiger partial charge in [-0.1, -0.05) is 12.8 Å². The fourth-order valence-electron chi connectivity index (χ4n) is 3.45. The third kappa shape index (κ3) is 4.13. The van der Waals surface area contributed by atoms with Crippen molar-refractivity contribution in [1.82, 2.24) is 14.9 Å². The number of hydrogen-bond acceptors (Lipinski definition) is 5. The van der Waals surface area contributed by atoms with Gasteiger partial charge in [0.15, 0.2) is 0 Å². The Labute approximate surface area is 158 Å². The van der Waals surface area contributed by atoms with Crippen molar-refractivity contribution in [3.8, 4) is 0 Å². The molecule has 2 aromatic heterocycles. The molecule has 1 saturated carbocycles. The van der Waals surface area contributed by atoms with Crippen LogP contribution in [-0.4, -0.2) is 44.4 Å². The molecule has 1 aliphatic rings. The van der Waals surface area contributed by atoms with Crippen molar-refractivity contribution in [2.24, 2.45) is 0 Å². The molecule has 1 fully saturated rings. The maximum atomic E-state index is 12.9. The molecule has 3 rings (SSSR count). The van der Waals surface area contributed by atoms with Gasteiger partial charge in [-0.25, -0.2) is 9.36 Å². The van der Waals surface area contributed by atoms with Crippen LogP contribution in [0.1, 0.15) is 62.4 Å². The van der Waals surface area contributed by atoms with Crippen LogP contribution in [-0.2, 0) is 4.74 Å². The standard InChI is InChI=1S/C20H27N3O4/c1-12-9-10-21-16-13(18(25)22-14-7-5-6-8-15(14)24)11-23(17(12)16)19(26)27-20(2,3)4/h9-11,14-15,24H,5-8H2,1-4H3,(H,22,25). The first-order valence-corrected chi connectivity index (χ1v) is 9.36. The Morgan fingerprint density at radius 3 is 2.67 bits per heavy atom. The van der Waals surface area contributed by atoms with Crippen LogP contribution in [0.5, 0.6) is 0 Å². The van der Waals surface area contributed by atoms with Crippen molar-refractivity contribution >= 4 is 23.0 Å². The molecule has 0 aromatic carbocycles. The van der Waals surface area contributed by atoms with E-state index in [0.717, 1.165) is 24.8 Å². The molecule has 7 heteroatoms. The van der Waals surface area contributed by atoms with Gasteiger partial charge in [0.2, 0.25) is 0 Å². The molecular formula is C20H27N3O4. The predicted octanol–water partition coefficient (Wildman–Crippen LogP) is 3.16. The number of amides is 1. The van der Waals surface area contributed by atoms with Gasteiger partial charge in [0.25, 0.3) is 5.91 Å². The fraction of sp³-hybridized carbons (Fsp3) is 0.550. The van der Waals surface area contributed by atoms with Crippen LogP contribution in [0, 0.1) is 6.92 Å². The van der Waals surface area contributed by atoms with Crippen LogP contribution in [0.4, 0.5) is 4.79 Å². The normalized spacial score (nSPS) is 20.5. The van der Waals surface area contributed by atoms with Crippen molar-refractivity contribution in [3.05, 3.63) is 29.6 Å². The van der Waals surface area contributed by atoms with Crippen molar-refractivity contribution < 1.29 is 19.4 Å². The monoisotopic (exact) mass is 373 g/mol. The van der Waals surface area contributed by atoms with Gasteiger partial charge in [0, 0.05) is 12.4 Å². The van der Waals surface area contributed by atoms with Crippen molar-refractivity contribution in [1.29, 1.82) is 0 Å². The second-order valence-electron chi connectivity index (χ2n) is 8.15. The topological polar surface area (TPSA) is 93.5 Å². The van der Waals surface area contributed by atoms with Gasteiger partial charge in [0.05, 0.1) is 23.2 Å². The lowest BCUT2D eigenvalue weighted by Gasteiger charge is -2.28. The molecule has 7 nitrogen and oxygen atoms in total. The fourth-order valence-corrected chi connectivity index (χ4v) is 3.45. The van der Waals surface area contributed by atoms with Crippen LogP contribution < -0.4 is 5.32 Å². The van der Waals surface area contributed by atoms with Gasteiger partial charge in [0.1, 0.15) is 11.1 Å². The number of aryl methyl sites for hydroxylation is 1. The highest BCUT2D eigenvalue weighted by atomic mass is 16.6. The van der Waals surface area contributed by atoms with Crippen molar-refractivity contribution in [2.45, 2.75) is 71.1 Å². The molecule has 0 saturated heterocycles. The summed E-state index contributed by atoms with van der Waals surface area (Å²) in [6.07, 6.45) is 5.35. The summed E-state index contributed by atoms with van der Waals surface area (Å²) < 4.78 is 6.81. The van der Waals surface area contributed by atoms with Gasteiger partial charge in [-0.15, -0.1) is 0 Å². The van der Waals surface area contributed by atoms with Gasteiger partial charge in [-0.2, -0.15) is 0 Å². The third-order valence-corrected chi connectivity index (χ3v) is 4.76. The van der Waals surface area contributed by atoms with Crippen molar-refractivity contribution in [2.75, 3.05) is 0 Å². The molecule has 1 aliphatic carbocycles. The van der Waals surface area contributed by atoms with E-state index in [1.54, 1.807) is 33.0 Å². The quantitative estimate of drug-likeness (QED) is 0.843. The van der Waals surface area contributed by atoms with Crippen LogP contribution in [0.15, 0.2) is 18.5 Å². The van der Waals surface area contributed by atoms with Crippen molar-refractivity contribution in [3.63, 3.8) is 0 Å². The van der Waals surface area contributed by atoms with Gasteiger partial charge in [-0.05, 0) is 52.2 Å². The minimum Gasteiger partial charge on any atom is -0.443 e. The molecule has 0 bridgehead atoms. The summed E-state index contributed by atoms with van der Waals surface area (Å²) in [6, 6.07) is 1.51. The molecule has 146 valence electrons. The molecule has 1 amide bonds. The van der Waals surface area contributed by atoms with E-state index in [9.17, 15) is 14.7 Å². The minimum absolute atomic E-state index is 0.281. The first-order valence-electron chi connectivity index (χ1n) is 9.36. The number of rotatable bonds is 2. The van der Waals surface area contributed by atoms with Crippen LogP contribution in [0.25, 0.3) is 11.0 Å². The van der Waals surface area contributed by atoms with E-state index in [2.05, 4.69) is 10.3 Å². The number of nitrogens with zero attached hydrogens (tertiary/aromatic N) is 2. The highest BCUT2D eigenvalue weighted by Crippen LogP contribution is 2.25. The Morgan fingerprint density at radius 2 is 2.00 bits per heavy atom. The number of aliphatic hydroxyl groups excluding tert-OH is 1. The Bertz CT molecular complexity index is 866. The lowest BCUT2D eigenvalue weighted by Crippen LogP contribution is -2.45. The Kier molecular flexibility index (Phi) is 5.24. The number of carbonyl (C=O) groups is 2. The molecule has 0 spiro atoms. The average molecular weight is 373 g/mol. The third-order valence-electron chi connectivity index (χ3n) is 4.76. The average Bonchev–Trinajstić information content (AvgIpc) is 2.97. The highest BCUT2D eigenvalue weighted by Gasteiger charge is 2.28. The van der Waals surface area contributed by atoms with Crippen LogP contribution in [0.3, 0.4) is 0 Å². The predicted molar refractivity (Wildman–Crippen MR) is 102 cm³/mol. The van der Waals surface area contributed by atoms with E-state index < -0.39 is 17.8 Å². The maximum absolute atomic E-state index is 12.9. The smallest absolute Gasteiger partial charge is 0.419 e. The molecule has 2 N–H and O–H groups in total. The van der Waals surface area contributed by atoms with Crippen LogP contribution in [0.2, 0.25) is 0 Å². The second kappa shape index (κ2) is 7.31. The van der Waals surface area contributed by atoms with Gasteiger partial charge >= 0.3 is 6.09 Å². The number of fused-ring (bicyclic) bond motifs is 1. The Morgan fingerprint density at radius 1 is 1.30 bits per heavy atom. The summed E-state index contributed by atoms with van der Waals surface area (Å²) in [6.45, 7) is 7.23. The number of hydrogen-bond donors (Lipinski definition) is 2. The largest absolute Gasteiger partial charge is 0.443 e. The summed E-state index contributed by atoms with van der Waals surface area (Å²) in [5, 5.41) is 13.0. The summed E-state index contributed by atoms with van der Waals surface area (Å²) in [5.41, 5.74) is 1.48. The van der Waals surface area contributed by atoms with E-state index in [4.69, 9.17) is 4.74 Å². The molecule has 27 heavy (non-hydrogen) atoms. The lowest BCUT2D eigenvalue weighted by atomic mass is 9.92. The first-order chi connectivity index (χ1) is 12.7. The number of pyridine rings is 1. The molecule has 0 aliphatic heterocycles. The van der Waals surface area contributed by atoms with Gasteiger partial charge < -0.3 is 15.2 Å². The zero-order valence-electron chi connectivity index (χ0n) is 16.3. The number of carbonyl (C=O) groups excluding carboxylic acids is 2. The van der Waals surface area contributed by atoms with E-state index in [1.807, 2.05) is 6.92 Å². The second-order valence-corrected chi connectivity index (χ2v) is 8.15. The summed E-state index contributed by atoms with van der Waals surface area (Å²) in [7, 11) is 0. The zero-order chi connectivity index (χ0) is 19.8. The Balaban J connectivity index is 1.97. The lowest BCUT2D eigenvalue weighted by molar-refractivity contribution is 0.0544. The molecule has 2 unspecified atom stereocenters. The number of aromatic nitrogens is 2. The molecular weight excluding hydrogens is 346 g/mol. The SMILES string of the molecule is Cc1ccnc2c(C(=O)NC3CCCCC3O)cn(C(=O)OC(C)(C)C)c12. The molecule has 2 heterocycles. The minimum atomic E-state index is -0.654. The number of nitrogens with one attached hydrogen (secondary N) is 1. The highest BCUT2D eigenvalue weighted by molar-refractivity contribution is 6.08. The molecule has 2 aromatic rings. The molecule has 2 atom stereocenters. The first kappa shape index (κ1) is 19.4.